The summed E-state index contributed by atoms with van der Waals surface area (Å²) in [6.45, 7) is 6.23. The summed E-state index contributed by atoms with van der Waals surface area (Å²) in [5.74, 6) is 1.38. The molecule has 0 aromatic carbocycles. The molecule has 1 saturated heterocycles. The number of hydrogen-bond donors (Lipinski definition) is 2. The molecule has 3 heterocycles. The number of amides is 2. The predicted molar refractivity (Wildman–Crippen MR) is 92.7 cm³/mol. The molecule has 0 spiro atoms. The predicted octanol–water partition coefficient (Wildman–Crippen LogP) is 1.60. The van der Waals surface area contributed by atoms with E-state index in [1.165, 1.54) is 0 Å². The van der Waals surface area contributed by atoms with Crippen molar-refractivity contribution in [2.45, 2.75) is 45.5 Å². The molecule has 1 fully saturated rings. The zero-order valence-electron chi connectivity index (χ0n) is 15.0. The largest absolute Gasteiger partial charge is 0.371 e. The van der Waals surface area contributed by atoms with Gasteiger partial charge < -0.3 is 19.9 Å². The molecule has 0 saturated carbocycles. The fraction of sp³-hybridized carbons (Fsp3) is 0.588. The number of aryl methyl sites for hydroxylation is 1. The van der Waals surface area contributed by atoms with Crippen molar-refractivity contribution < 1.29 is 9.53 Å². The van der Waals surface area contributed by atoms with Gasteiger partial charge in [-0.05, 0) is 12.3 Å². The van der Waals surface area contributed by atoms with Crippen LogP contribution < -0.4 is 10.6 Å². The molecule has 0 bridgehead atoms. The highest BCUT2D eigenvalue weighted by Gasteiger charge is 2.31. The highest BCUT2D eigenvalue weighted by molar-refractivity contribution is 5.74. The van der Waals surface area contributed by atoms with E-state index in [0.717, 1.165) is 24.4 Å². The van der Waals surface area contributed by atoms with E-state index in [4.69, 9.17) is 4.74 Å². The lowest BCUT2D eigenvalue weighted by Crippen LogP contribution is -2.43. The van der Waals surface area contributed by atoms with Crippen LogP contribution in [0.2, 0.25) is 0 Å². The van der Waals surface area contributed by atoms with Crippen molar-refractivity contribution in [3.8, 4) is 0 Å². The highest BCUT2D eigenvalue weighted by Crippen LogP contribution is 2.28. The molecule has 2 atom stereocenters. The van der Waals surface area contributed by atoms with Gasteiger partial charge in [0.1, 0.15) is 11.9 Å². The van der Waals surface area contributed by atoms with Gasteiger partial charge in [0.2, 0.25) is 0 Å². The lowest BCUT2D eigenvalue weighted by molar-refractivity contribution is 0.0998. The first-order valence-corrected chi connectivity index (χ1v) is 8.67. The average Bonchev–Trinajstić information content (AvgIpc) is 3.26. The van der Waals surface area contributed by atoms with Crippen LogP contribution in [-0.2, 0) is 24.9 Å². The molecule has 2 N–H and O–H groups in total. The van der Waals surface area contributed by atoms with Gasteiger partial charge in [0.25, 0.3) is 0 Å². The molecule has 2 amide bonds. The second-order valence-electron chi connectivity index (χ2n) is 6.85. The Morgan fingerprint density at radius 1 is 1.48 bits per heavy atom. The standard InChI is InChI=1S/C17H26N6O2/c1-12(2)10-23-6-5-18-15(23)9-19-17(24)21-14-4-7-25-16(14)13-8-20-22(3)11-13/h5-6,8,11-12,14,16H,4,7,9-10H2,1-3H3,(H2,19,21,24)/t14-,16+/m0/s1. The summed E-state index contributed by atoms with van der Waals surface area (Å²) in [5.41, 5.74) is 0.984. The molecule has 1 aliphatic heterocycles. The Labute approximate surface area is 147 Å². The fourth-order valence-electron chi connectivity index (χ4n) is 3.10. The Hall–Kier alpha value is -2.35. The molecule has 136 valence electrons. The summed E-state index contributed by atoms with van der Waals surface area (Å²) in [4.78, 5) is 16.6. The lowest BCUT2D eigenvalue weighted by atomic mass is 10.1. The van der Waals surface area contributed by atoms with Crippen LogP contribution in [0.1, 0.15) is 37.8 Å². The third-order valence-electron chi connectivity index (χ3n) is 4.23. The summed E-state index contributed by atoms with van der Waals surface area (Å²) in [5, 5.41) is 10.1. The Kier molecular flexibility index (Phi) is 5.37. The molecular formula is C17H26N6O2. The summed E-state index contributed by atoms with van der Waals surface area (Å²) in [6, 6.07) is -0.261. The molecule has 0 radical (unpaired) electrons. The van der Waals surface area contributed by atoms with E-state index in [0.29, 0.717) is 19.1 Å². The fourth-order valence-corrected chi connectivity index (χ4v) is 3.10. The van der Waals surface area contributed by atoms with Crippen LogP contribution >= 0.6 is 0 Å². The minimum Gasteiger partial charge on any atom is -0.371 e. The third kappa shape index (κ3) is 4.39. The van der Waals surface area contributed by atoms with E-state index in [1.54, 1.807) is 17.1 Å². The zero-order valence-corrected chi connectivity index (χ0v) is 15.0. The first-order chi connectivity index (χ1) is 12.0. The molecule has 0 aliphatic carbocycles. The van der Waals surface area contributed by atoms with Gasteiger partial charge in [0.05, 0.1) is 18.8 Å². The minimum atomic E-state index is -0.205. The number of carbonyl (C=O) groups is 1. The van der Waals surface area contributed by atoms with Gasteiger partial charge in [-0.15, -0.1) is 0 Å². The van der Waals surface area contributed by atoms with E-state index in [9.17, 15) is 4.79 Å². The maximum atomic E-state index is 12.3. The van der Waals surface area contributed by atoms with Crippen LogP contribution in [0.15, 0.2) is 24.8 Å². The number of carbonyl (C=O) groups excluding carboxylic acids is 1. The Morgan fingerprint density at radius 2 is 2.32 bits per heavy atom. The summed E-state index contributed by atoms with van der Waals surface area (Å²) >= 11 is 0. The van der Waals surface area contributed by atoms with Crippen molar-refractivity contribution in [2.75, 3.05) is 6.61 Å². The molecule has 2 aromatic rings. The average molecular weight is 346 g/mol. The molecule has 2 aromatic heterocycles. The van der Waals surface area contributed by atoms with E-state index < -0.39 is 0 Å². The van der Waals surface area contributed by atoms with Crippen LogP contribution in [0.25, 0.3) is 0 Å². The van der Waals surface area contributed by atoms with Gasteiger partial charge in [-0.2, -0.15) is 5.10 Å². The molecular weight excluding hydrogens is 320 g/mol. The second-order valence-corrected chi connectivity index (χ2v) is 6.85. The van der Waals surface area contributed by atoms with Crippen molar-refractivity contribution >= 4 is 6.03 Å². The van der Waals surface area contributed by atoms with Gasteiger partial charge in [0.15, 0.2) is 0 Å². The van der Waals surface area contributed by atoms with E-state index >= 15 is 0 Å². The van der Waals surface area contributed by atoms with Crippen LogP contribution in [-0.4, -0.2) is 38.0 Å². The maximum absolute atomic E-state index is 12.3. The van der Waals surface area contributed by atoms with Gasteiger partial charge in [-0.3, -0.25) is 4.68 Å². The molecule has 1 aliphatic rings. The number of nitrogens with one attached hydrogen (secondary N) is 2. The van der Waals surface area contributed by atoms with Crippen LogP contribution in [0.4, 0.5) is 4.79 Å². The number of urea groups is 1. The van der Waals surface area contributed by atoms with Gasteiger partial charge in [-0.25, -0.2) is 9.78 Å². The van der Waals surface area contributed by atoms with E-state index in [1.807, 2.05) is 19.4 Å². The van der Waals surface area contributed by atoms with E-state index in [2.05, 4.69) is 39.1 Å². The number of imidazole rings is 1. The van der Waals surface area contributed by atoms with Crippen LogP contribution in [0.3, 0.4) is 0 Å². The third-order valence-corrected chi connectivity index (χ3v) is 4.23. The maximum Gasteiger partial charge on any atom is 0.315 e. The Morgan fingerprint density at radius 3 is 3.04 bits per heavy atom. The molecule has 3 rings (SSSR count). The van der Waals surface area contributed by atoms with E-state index in [-0.39, 0.29) is 18.2 Å². The zero-order chi connectivity index (χ0) is 17.8. The summed E-state index contributed by atoms with van der Waals surface area (Å²) in [6.07, 6.45) is 8.05. The summed E-state index contributed by atoms with van der Waals surface area (Å²) < 4.78 is 9.58. The highest BCUT2D eigenvalue weighted by atomic mass is 16.5. The van der Waals surface area contributed by atoms with Crippen LogP contribution in [0, 0.1) is 5.92 Å². The first kappa shape index (κ1) is 17.5. The van der Waals surface area contributed by atoms with Crippen molar-refractivity contribution in [1.29, 1.82) is 0 Å². The number of ether oxygens (including phenoxy) is 1. The number of hydrogen-bond acceptors (Lipinski definition) is 4. The van der Waals surface area contributed by atoms with Crippen molar-refractivity contribution in [2.24, 2.45) is 13.0 Å². The van der Waals surface area contributed by atoms with Gasteiger partial charge in [0, 0.05) is 44.4 Å². The smallest absolute Gasteiger partial charge is 0.315 e. The monoisotopic (exact) mass is 346 g/mol. The number of rotatable bonds is 6. The SMILES string of the molecule is CC(C)Cn1ccnc1CNC(=O)N[C@H]1CCO[C@@H]1c1cnn(C)c1. The summed E-state index contributed by atoms with van der Waals surface area (Å²) in [7, 11) is 1.87. The minimum absolute atomic E-state index is 0.0559. The molecule has 25 heavy (non-hydrogen) atoms. The number of aromatic nitrogens is 4. The van der Waals surface area contributed by atoms with Crippen molar-refractivity contribution in [3.63, 3.8) is 0 Å². The molecule has 8 nitrogen and oxygen atoms in total. The Bertz CT molecular complexity index is 708. The van der Waals surface area contributed by atoms with Gasteiger partial charge in [-0.1, -0.05) is 13.8 Å². The van der Waals surface area contributed by atoms with Gasteiger partial charge >= 0.3 is 6.03 Å². The quantitative estimate of drug-likeness (QED) is 0.832. The normalized spacial score (nSPS) is 20.2. The lowest BCUT2D eigenvalue weighted by Gasteiger charge is -2.19. The second kappa shape index (κ2) is 7.69. The van der Waals surface area contributed by atoms with Crippen molar-refractivity contribution in [3.05, 3.63) is 36.2 Å². The first-order valence-electron chi connectivity index (χ1n) is 8.67. The molecule has 0 unspecified atom stereocenters. The molecule has 8 heteroatoms. The van der Waals surface area contributed by atoms with Crippen LogP contribution in [0.5, 0.6) is 0 Å². The topological polar surface area (TPSA) is 86.0 Å². The number of nitrogens with zero attached hydrogens (tertiary/aromatic N) is 4. The Balaban J connectivity index is 1.53. The van der Waals surface area contributed by atoms with Crippen molar-refractivity contribution in [1.82, 2.24) is 30.0 Å².